The smallest absolute Gasteiger partial charge is 0.325 e. The second-order valence-corrected chi connectivity index (χ2v) is 4.94. The van der Waals surface area contributed by atoms with E-state index in [2.05, 4.69) is 4.98 Å². The van der Waals surface area contributed by atoms with Gasteiger partial charge in [0.15, 0.2) is 0 Å². The van der Waals surface area contributed by atoms with Gasteiger partial charge in [0, 0.05) is 17.8 Å². The molecular formula is C15H21ClN2O3. The highest BCUT2D eigenvalue weighted by Gasteiger charge is 2.19. The molecule has 0 N–H and O–H groups in total. The van der Waals surface area contributed by atoms with Crippen LogP contribution < -0.4 is 0 Å². The summed E-state index contributed by atoms with van der Waals surface area (Å²) < 4.78 is 4.90. The molecule has 1 aromatic heterocycles. The second kappa shape index (κ2) is 8.62. The van der Waals surface area contributed by atoms with Crippen molar-refractivity contribution in [3.63, 3.8) is 0 Å². The quantitative estimate of drug-likeness (QED) is 0.574. The molecule has 21 heavy (non-hydrogen) atoms. The number of nitrogens with zero attached hydrogens (tertiary/aromatic N) is 2. The zero-order valence-corrected chi connectivity index (χ0v) is 13.4. The largest absolute Gasteiger partial charge is 0.465 e. The number of pyridine rings is 1. The Hall–Kier alpha value is -1.62. The SMILES string of the molecule is CCCN(CC(=O)OCC)C(=O)c1cc(Cl)nc(CC)c1. The Labute approximate surface area is 130 Å². The van der Waals surface area contributed by atoms with Gasteiger partial charge in [0.05, 0.1) is 6.61 Å². The topological polar surface area (TPSA) is 59.5 Å². The number of rotatable bonds is 7. The molecule has 1 amide bonds. The van der Waals surface area contributed by atoms with Gasteiger partial charge in [0.2, 0.25) is 0 Å². The van der Waals surface area contributed by atoms with Crippen molar-refractivity contribution in [2.45, 2.75) is 33.6 Å². The summed E-state index contributed by atoms with van der Waals surface area (Å²) in [6.45, 7) is 6.35. The molecule has 0 radical (unpaired) electrons. The minimum Gasteiger partial charge on any atom is -0.465 e. The summed E-state index contributed by atoms with van der Waals surface area (Å²) in [6, 6.07) is 3.24. The summed E-state index contributed by atoms with van der Waals surface area (Å²) in [7, 11) is 0. The third-order valence-electron chi connectivity index (χ3n) is 2.86. The van der Waals surface area contributed by atoms with Crippen LogP contribution in [0.1, 0.15) is 43.2 Å². The first-order chi connectivity index (χ1) is 10.0. The number of aryl methyl sites for hydroxylation is 1. The summed E-state index contributed by atoms with van der Waals surface area (Å²) in [4.78, 5) is 29.7. The fourth-order valence-corrected chi connectivity index (χ4v) is 2.15. The third kappa shape index (κ3) is 5.34. The number of carbonyl (C=O) groups excluding carboxylic acids is 2. The normalized spacial score (nSPS) is 10.3. The molecule has 1 heterocycles. The van der Waals surface area contributed by atoms with E-state index in [1.54, 1.807) is 13.0 Å². The molecule has 5 nitrogen and oxygen atoms in total. The number of halogens is 1. The molecule has 0 aliphatic carbocycles. The van der Waals surface area contributed by atoms with Crippen molar-refractivity contribution in [3.8, 4) is 0 Å². The lowest BCUT2D eigenvalue weighted by molar-refractivity contribution is -0.143. The van der Waals surface area contributed by atoms with Gasteiger partial charge in [-0.2, -0.15) is 0 Å². The van der Waals surface area contributed by atoms with E-state index in [4.69, 9.17) is 16.3 Å². The van der Waals surface area contributed by atoms with Gasteiger partial charge in [-0.15, -0.1) is 0 Å². The summed E-state index contributed by atoms with van der Waals surface area (Å²) in [5.41, 5.74) is 1.20. The Balaban J connectivity index is 2.94. The molecule has 1 aromatic rings. The lowest BCUT2D eigenvalue weighted by Crippen LogP contribution is -2.37. The first-order valence-electron chi connectivity index (χ1n) is 7.13. The summed E-state index contributed by atoms with van der Waals surface area (Å²) in [6.07, 6.45) is 1.44. The average molecular weight is 313 g/mol. The highest BCUT2D eigenvalue weighted by atomic mass is 35.5. The Morgan fingerprint density at radius 2 is 2.00 bits per heavy atom. The van der Waals surface area contributed by atoms with Gasteiger partial charge in [-0.25, -0.2) is 4.98 Å². The van der Waals surface area contributed by atoms with Crippen LogP contribution in [0.2, 0.25) is 5.15 Å². The number of amides is 1. The van der Waals surface area contributed by atoms with Crippen LogP contribution in [0, 0.1) is 0 Å². The predicted molar refractivity (Wildman–Crippen MR) is 81.5 cm³/mol. The van der Waals surface area contributed by atoms with Crippen LogP contribution in [0.3, 0.4) is 0 Å². The molecule has 0 aliphatic heterocycles. The van der Waals surface area contributed by atoms with Crippen molar-refractivity contribution < 1.29 is 14.3 Å². The summed E-state index contributed by atoms with van der Waals surface area (Å²) in [5.74, 6) is -0.640. The summed E-state index contributed by atoms with van der Waals surface area (Å²) >= 11 is 5.94. The van der Waals surface area contributed by atoms with Crippen LogP contribution in [0.5, 0.6) is 0 Å². The number of esters is 1. The standard InChI is InChI=1S/C15H21ClN2O3/c1-4-7-18(10-14(19)21-6-3)15(20)11-8-12(5-2)17-13(16)9-11/h8-9H,4-7,10H2,1-3H3. The fourth-order valence-electron chi connectivity index (χ4n) is 1.92. The Bertz CT molecular complexity index is 506. The predicted octanol–water partition coefficient (Wildman–Crippen LogP) is 2.71. The van der Waals surface area contributed by atoms with Crippen LogP contribution in [0.15, 0.2) is 12.1 Å². The van der Waals surface area contributed by atoms with E-state index in [9.17, 15) is 9.59 Å². The van der Waals surface area contributed by atoms with Gasteiger partial charge in [0.25, 0.3) is 5.91 Å². The average Bonchev–Trinajstić information content (AvgIpc) is 2.45. The number of carbonyl (C=O) groups is 2. The first-order valence-corrected chi connectivity index (χ1v) is 7.50. The van der Waals surface area contributed by atoms with Crippen LogP contribution in [-0.2, 0) is 16.0 Å². The van der Waals surface area contributed by atoms with Gasteiger partial charge < -0.3 is 9.64 Å². The molecule has 6 heteroatoms. The molecule has 0 saturated carbocycles. The molecule has 116 valence electrons. The minimum absolute atomic E-state index is 0.0537. The maximum atomic E-state index is 12.5. The van der Waals surface area contributed by atoms with E-state index in [0.29, 0.717) is 25.1 Å². The molecule has 0 unspecified atom stereocenters. The highest BCUT2D eigenvalue weighted by molar-refractivity contribution is 6.29. The maximum Gasteiger partial charge on any atom is 0.325 e. The van der Waals surface area contributed by atoms with E-state index < -0.39 is 5.97 Å². The first kappa shape index (κ1) is 17.4. The van der Waals surface area contributed by atoms with Crippen LogP contribution in [-0.4, -0.2) is 41.5 Å². The molecule has 0 fully saturated rings. The molecule has 0 bridgehead atoms. The van der Waals surface area contributed by atoms with Gasteiger partial charge in [-0.1, -0.05) is 25.4 Å². The van der Waals surface area contributed by atoms with Crippen molar-refractivity contribution >= 4 is 23.5 Å². The van der Waals surface area contributed by atoms with E-state index in [1.165, 1.54) is 11.0 Å². The maximum absolute atomic E-state index is 12.5. The Morgan fingerprint density at radius 1 is 1.29 bits per heavy atom. The molecule has 0 atom stereocenters. The number of hydrogen-bond acceptors (Lipinski definition) is 4. The van der Waals surface area contributed by atoms with Crippen molar-refractivity contribution in [2.75, 3.05) is 19.7 Å². The van der Waals surface area contributed by atoms with E-state index in [-0.39, 0.29) is 17.6 Å². The van der Waals surface area contributed by atoms with Gasteiger partial charge in [-0.3, -0.25) is 9.59 Å². The fraction of sp³-hybridized carbons (Fsp3) is 0.533. The van der Waals surface area contributed by atoms with Crippen LogP contribution in [0.25, 0.3) is 0 Å². The molecule has 0 aliphatic rings. The molecule has 1 rings (SSSR count). The van der Waals surface area contributed by atoms with Crippen molar-refractivity contribution in [2.24, 2.45) is 0 Å². The van der Waals surface area contributed by atoms with Crippen molar-refractivity contribution in [3.05, 3.63) is 28.5 Å². The Kier molecular flexibility index (Phi) is 7.15. The van der Waals surface area contributed by atoms with E-state index in [1.807, 2.05) is 13.8 Å². The monoisotopic (exact) mass is 312 g/mol. The lowest BCUT2D eigenvalue weighted by atomic mass is 10.1. The molecule has 0 spiro atoms. The number of aromatic nitrogens is 1. The minimum atomic E-state index is -0.407. The van der Waals surface area contributed by atoms with E-state index in [0.717, 1.165) is 12.1 Å². The summed E-state index contributed by atoms with van der Waals surface area (Å²) in [5, 5.41) is 0.283. The number of ether oxygens (including phenoxy) is 1. The van der Waals surface area contributed by atoms with Crippen molar-refractivity contribution in [1.82, 2.24) is 9.88 Å². The zero-order valence-electron chi connectivity index (χ0n) is 12.7. The molecular weight excluding hydrogens is 292 g/mol. The van der Waals surface area contributed by atoms with Gasteiger partial charge in [0.1, 0.15) is 11.7 Å². The van der Waals surface area contributed by atoms with Crippen molar-refractivity contribution in [1.29, 1.82) is 0 Å². The lowest BCUT2D eigenvalue weighted by Gasteiger charge is -2.21. The third-order valence-corrected chi connectivity index (χ3v) is 3.06. The van der Waals surface area contributed by atoms with Crippen LogP contribution in [0.4, 0.5) is 0 Å². The molecule has 0 aromatic carbocycles. The Morgan fingerprint density at radius 3 is 2.57 bits per heavy atom. The second-order valence-electron chi connectivity index (χ2n) is 4.56. The van der Waals surface area contributed by atoms with E-state index >= 15 is 0 Å². The van der Waals surface area contributed by atoms with Crippen LogP contribution >= 0.6 is 11.6 Å². The molecule has 0 saturated heterocycles. The highest BCUT2D eigenvalue weighted by Crippen LogP contribution is 2.14. The zero-order chi connectivity index (χ0) is 15.8. The number of hydrogen-bond donors (Lipinski definition) is 0. The van der Waals surface area contributed by atoms with Gasteiger partial charge >= 0.3 is 5.97 Å². The van der Waals surface area contributed by atoms with Gasteiger partial charge in [-0.05, 0) is 31.9 Å².